The number of allylic oxidation sites excluding steroid dienone is 1. The number of nitrogens with zero attached hydrogens (tertiary/aromatic N) is 4. The molecule has 1 aromatic carbocycles. The van der Waals surface area contributed by atoms with Crippen LogP contribution in [0.2, 0.25) is 0 Å². The first-order valence-corrected chi connectivity index (χ1v) is 19.4. The third-order valence-electron chi connectivity index (χ3n) is 11.0. The second-order valence-electron chi connectivity index (χ2n) is 15.9. The number of anilines is 2. The van der Waals surface area contributed by atoms with Gasteiger partial charge in [-0.05, 0) is 82.9 Å². The van der Waals surface area contributed by atoms with Gasteiger partial charge in [-0.25, -0.2) is 14.8 Å². The predicted molar refractivity (Wildman–Crippen MR) is 214 cm³/mol. The van der Waals surface area contributed by atoms with Crippen molar-refractivity contribution >= 4 is 34.3 Å². The van der Waals surface area contributed by atoms with Crippen LogP contribution in [0.1, 0.15) is 76.0 Å². The summed E-state index contributed by atoms with van der Waals surface area (Å²) < 4.78 is 24.0. The fraction of sp³-hybridized carbons (Fsp3) is 0.419. The molecular weight excluding hydrogens is 713 g/mol. The van der Waals surface area contributed by atoms with Crippen LogP contribution in [0.4, 0.5) is 11.6 Å². The summed E-state index contributed by atoms with van der Waals surface area (Å²) in [4.78, 5) is 42.7. The van der Waals surface area contributed by atoms with Crippen molar-refractivity contribution in [1.82, 2.24) is 14.9 Å². The summed E-state index contributed by atoms with van der Waals surface area (Å²) in [6.07, 6.45) is 9.50. The average Bonchev–Trinajstić information content (AvgIpc) is 3.38. The van der Waals surface area contributed by atoms with Crippen LogP contribution >= 0.6 is 0 Å². The summed E-state index contributed by atoms with van der Waals surface area (Å²) in [5.41, 5.74) is 10.3. The molecule has 1 saturated heterocycles. The molecular formula is C43H48N6O7. The van der Waals surface area contributed by atoms with Gasteiger partial charge in [-0.15, -0.1) is 0 Å². The average molecular weight is 761 g/mol. The smallest absolute Gasteiger partial charge is 0.341 e. The quantitative estimate of drug-likeness (QED) is 0.0764. The molecule has 4 aliphatic rings. The summed E-state index contributed by atoms with van der Waals surface area (Å²) in [5.74, 6) is 1.26. The number of aryl methyl sites for hydroxylation is 2. The first-order chi connectivity index (χ1) is 26.8. The molecule has 0 saturated carbocycles. The zero-order valence-corrected chi connectivity index (χ0v) is 32.5. The molecule has 4 aliphatic heterocycles. The number of aromatic hydroxyl groups is 1. The van der Waals surface area contributed by atoms with Crippen molar-refractivity contribution in [2.75, 3.05) is 24.1 Å². The Bertz CT molecular complexity index is 2380. The van der Waals surface area contributed by atoms with Crippen molar-refractivity contribution in [1.29, 1.82) is 0 Å². The van der Waals surface area contributed by atoms with Crippen molar-refractivity contribution in [3.63, 3.8) is 0 Å². The first-order valence-electron chi connectivity index (χ1n) is 19.4. The summed E-state index contributed by atoms with van der Waals surface area (Å²) in [6, 6.07) is 10.9. The maximum atomic E-state index is 13.7. The van der Waals surface area contributed by atoms with Gasteiger partial charge in [0.1, 0.15) is 51.6 Å². The number of aliphatic imine (C=N–C) groups is 1. The molecule has 13 nitrogen and oxygen atoms in total. The number of unbranched alkanes of at least 4 members (excludes halogenated alkanes) is 2. The first kappa shape index (κ1) is 37.2. The normalized spacial score (nSPS) is 21.6. The molecule has 7 heterocycles. The highest BCUT2D eigenvalue weighted by Gasteiger charge is 2.60. The number of fused-ring (bicyclic) bond motifs is 3. The van der Waals surface area contributed by atoms with Crippen molar-refractivity contribution in [2.45, 2.75) is 103 Å². The number of hydrogen-bond acceptors (Lipinski definition) is 13. The van der Waals surface area contributed by atoms with Gasteiger partial charge in [0.2, 0.25) is 0 Å². The number of pyridine rings is 2. The number of ether oxygens (including phenoxy) is 3. The van der Waals surface area contributed by atoms with Crippen LogP contribution in [0.3, 0.4) is 0 Å². The summed E-state index contributed by atoms with van der Waals surface area (Å²) in [5, 5.41) is 14.7. The fourth-order valence-corrected chi connectivity index (χ4v) is 7.79. The Morgan fingerprint density at radius 3 is 2.77 bits per heavy atom. The number of carbonyl (C=O) groups excluding carboxylic acids is 1. The minimum Gasteiger partial charge on any atom is -0.507 e. The van der Waals surface area contributed by atoms with Gasteiger partial charge in [-0.1, -0.05) is 19.8 Å². The molecule has 3 atom stereocenters. The number of aromatic nitrogens is 2. The van der Waals surface area contributed by atoms with Crippen LogP contribution in [0.15, 0.2) is 74.7 Å². The van der Waals surface area contributed by atoms with Gasteiger partial charge in [0.25, 0.3) is 0 Å². The Kier molecular flexibility index (Phi) is 9.60. The standard InChI is InChI=1S/C43H48N6O7/c1-6-7-8-12-46-38-18-27(17-28(47-38)22-49-21-26-11-13-45-31(26)23-49)30-15-25(16-37(44)48-30)9-10-35-43(5,56-35)41(52)54-36-19-29-33(55-42(36,3)4)20-34-39(40(29)51)32(50)14-24(2)53-34/h11,13-18,20-21,35-36,51H,6-10,12,19,22-23H2,1-5H3,(H2,44,48)(H,46,47). The van der Waals surface area contributed by atoms with Crippen molar-refractivity contribution in [3.8, 4) is 22.8 Å². The molecule has 4 aromatic rings. The molecule has 0 spiro atoms. The van der Waals surface area contributed by atoms with E-state index in [0.29, 0.717) is 42.3 Å². The van der Waals surface area contributed by atoms with Crippen molar-refractivity contribution in [2.24, 2.45) is 4.99 Å². The summed E-state index contributed by atoms with van der Waals surface area (Å²) in [6.45, 7) is 11.4. The molecule has 0 amide bonds. The highest BCUT2D eigenvalue weighted by molar-refractivity contribution is 6.07. The molecule has 4 N–H and O–H groups in total. The van der Waals surface area contributed by atoms with Gasteiger partial charge in [0.15, 0.2) is 11.0 Å². The second kappa shape index (κ2) is 14.4. The van der Waals surface area contributed by atoms with Crippen molar-refractivity contribution in [3.05, 3.63) is 93.3 Å². The number of nitrogen functional groups attached to an aromatic ring is 1. The number of carbonyl (C=O) groups is 1. The van der Waals surface area contributed by atoms with E-state index < -0.39 is 23.3 Å². The monoisotopic (exact) mass is 760 g/mol. The van der Waals surface area contributed by atoms with Gasteiger partial charge in [-0.3, -0.25) is 9.79 Å². The number of hydrogen-bond donors (Lipinski definition) is 3. The molecule has 8 rings (SSSR count). The largest absolute Gasteiger partial charge is 0.507 e. The molecule has 0 bridgehead atoms. The number of benzene rings is 1. The zero-order valence-electron chi connectivity index (χ0n) is 32.5. The lowest BCUT2D eigenvalue weighted by atomic mass is 9.89. The number of rotatable bonds is 13. The fourth-order valence-electron chi connectivity index (χ4n) is 7.79. The maximum Gasteiger partial charge on any atom is 0.341 e. The Balaban J connectivity index is 0.948. The Morgan fingerprint density at radius 2 is 1.96 bits per heavy atom. The van der Waals surface area contributed by atoms with Crippen LogP contribution in [0.5, 0.6) is 11.5 Å². The third-order valence-corrected chi connectivity index (χ3v) is 11.0. The molecule has 0 aliphatic carbocycles. The SMILES string of the molecule is CCCCCNc1cc(-c2cc(CCC3OC3(C)C(=O)OC3Cc4c(cc5oc(C)cc(=O)c5c4O)OC3(C)C)cc(N)n2)cc(CN2C=C3C=CN=C3C2)n1. The molecule has 1 fully saturated rings. The summed E-state index contributed by atoms with van der Waals surface area (Å²) in [7, 11) is 0. The predicted octanol–water partition coefficient (Wildman–Crippen LogP) is 6.53. The van der Waals surface area contributed by atoms with E-state index in [1.807, 2.05) is 44.3 Å². The zero-order chi connectivity index (χ0) is 39.4. The number of phenolic OH excluding ortho intramolecular Hbond substituents is 1. The highest BCUT2D eigenvalue weighted by atomic mass is 16.7. The highest BCUT2D eigenvalue weighted by Crippen LogP contribution is 2.45. The van der Waals surface area contributed by atoms with Crippen LogP contribution < -0.4 is 21.2 Å². The third kappa shape index (κ3) is 7.35. The van der Waals surface area contributed by atoms with Gasteiger partial charge in [0.05, 0.1) is 36.3 Å². The van der Waals surface area contributed by atoms with Crippen LogP contribution in [0, 0.1) is 6.92 Å². The molecule has 56 heavy (non-hydrogen) atoms. The maximum absolute atomic E-state index is 13.7. The van der Waals surface area contributed by atoms with Crippen molar-refractivity contribution < 1.29 is 28.5 Å². The number of epoxide rings is 1. The lowest BCUT2D eigenvalue weighted by molar-refractivity contribution is -0.167. The minimum atomic E-state index is -1.15. The van der Waals surface area contributed by atoms with E-state index in [1.54, 1.807) is 19.9 Å². The van der Waals surface area contributed by atoms with Crippen LogP contribution in [-0.4, -0.2) is 68.2 Å². The summed E-state index contributed by atoms with van der Waals surface area (Å²) >= 11 is 0. The van der Waals surface area contributed by atoms with E-state index in [4.69, 9.17) is 34.3 Å². The van der Waals surface area contributed by atoms with Gasteiger partial charge >= 0.3 is 5.97 Å². The van der Waals surface area contributed by atoms with Gasteiger partial charge < -0.3 is 39.7 Å². The Labute approximate surface area is 325 Å². The van der Waals surface area contributed by atoms with E-state index in [1.165, 1.54) is 6.07 Å². The number of phenols is 1. The molecule has 3 unspecified atom stereocenters. The topological polar surface area (TPSA) is 178 Å². The molecule has 0 radical (unpaired) electrons. The van der Waals surface area contributed by atoms with E-state index in [2.05, 4.69) is 34.4 Å². The molecule has 292 valence electrons. The number of esters is 1. The van der Waals surface area contributed by atoms with Gasteiger partial charge in [0, 0.05) is 54.2 Å². The van der Waals surface area contributed by atoms with Crippen LogP contribution in [0.25, 0.3) is 22.2 Å². The Morgan fingerprint density at radius 1 is 1.12 bits per heavy atom. The lowest BCUT2D eigenvalue weighted by Gasteiger charge is -2.39. The van der Waals surface area contributed by atoms with Gasteiger partial charge in [-0.2, -0.15) is 0 Å². The Hall–Kier alpha value is -5.69. The molecule has 13 heteroatoms. The van der Waals surface area contributed by atoms with Crippen LogP contribution in [-0.2, 0) is 33.7 Å². The second-order valence-corrected chi connectivity index (χ2v) is 15.9. The van der Waals surface area contributed by atoms with E-state index >= 15 is 0 Å². The van der Waals surface area contributed by atoms with E-state index in [9.17, 15) is 14.7 Å². The number of nitrogens with one attached hydrogen (secondary N) is 1. The number of nitrogens with two attached hydrogens (primary N) is 1. The minimum absolute atomic E-state index is 0.0691. The molecule has 3 aromatic heterocycles. The van der Waals surface area contributed by atoms with E-state index in [-0.39, 0.29) is 34.7 Å². The van der Waals surface area contributed by atoms with E-state index in [0.717, 1.165) is 72.0 Å². The lowest BCUT2D eigenvalue weighted by Crippen LogP contribution is -2.50.